The molecule has 1 rings (SSSR count). The molecule has 0 aromatic carbocycles. The Kier molecular flexibility index (Phi) is 5.44. The Bertz CT molecular complexity index is 437. The summed E-state index contributed by atoms with van der Waals surface area (Å²) >= 11 is 7.87. The van der Waals surface area contributed by atoms with Crippen LogP contribution in [0.3, 0.4) is 0 Å². The molecule has 0 aliphatic rings. The van der Waals surface area contributed by atoms with Crippen LogP contribution in [0.1, 0.15) is 12.5 Å². The van der Waals surface area contributed by atoms with Gasteiger partial charge >= 0.3 is 0 Å². The number of nitrogens with one attached hydrogen (secondary N) is 1. The summed E-state index contributed by atoms with van der Waals surface area (Å²) in [7, 11) is -3.35. The molecule has 0 bridgehead atoms. The number of hydrogen-bond donors (Lipinski definition) is 1. The van der Waals surface area contributed by atoms with Gasteiger partial charge in [0, 0.05) is 11.9 Å². The third-order valence-corrected chi connectivity index (χ3v) is 7.12. The van der Waals surface area contributed by atoms with Gasteiger partial charge in [-0.15, -0.1) is 11.3 Å². The highest BCUT2D eigenvalue weighted by Gasteiger charge is 2.18. The fraction of sp³-hybridized carbons (Fsp3) is 0.556. The van der Waals surface area contributed by atoms with Crippen molar-refractivity contribution in [2.45, 2.75) is 18.1 Å². The molecule has 0 radical (unpaired) electrons. The molecule has 16 heavy (non-hydrogen) atoms. The Labute approximate surface area is 117 Å². The van der Waals surface area contributed by atoms with E-state index < -0.39 is 10.0 Å². The molecule has 1 unspecified atom stereocenters. The van der Waals surface area contributed by atoms with Gasteiger partial charge in [-0.05, 0) is 40.4 Å². The van der Waals surface area contributed by atoms with Gasteiger partial charge in [-0.25, -0.2) is 13.1 Å². The van der Waals surface area contributed by atoms with Gasteiger partial charge in [0.05, 0.1) is 3.79 Å². The van der Waals surface area contributed by atoms with Crippen molar-refractivity contribution in [1.29, 1.82) is 0 Å². The van der Waals surface area contributed by atoms with E-state index in [1.807, 2.05) is 13.8 Å². The van der Waals surface area contributed by atoms with Crippen molar-refractivity contribution in [2.75, 3.05) is 11.9 Å². The number of aryl methyl sites for hydroxylation is 1. The van der Waals surface area contributed by atoms with Crippen molar-refractivity contribution >= 4 is 53.2 Å². The lowest BCUT2D eigenvalue weighted by Crippen LogP contribution is -2.28. The van der Waals surface area contributed by atoms with Gasteiger partial charge in [0.1, 0.15) is 4.21 Å². The summed E-state index contributed by atoms with van der Waals surface area (Å²) in [5.41, 5.74) is 0.943. The maximum atomic E-state index is 11.9. The molecule has 0 saturated heterocycles. The number of sulfonamides is 1. The molecule has 0 saturated carbocycles. The molecule has 0 aliphatic heterocycles. The molecular weight excluding hydrogens is 378 g/mol. The van der Waals surface area contributed by atoms with Crippen molar-refractivity contribution in [3.63, 3.8) is 0 Å². The fourth-order valence-corrected chi connectivity index (χ4v) is 4.61. The monoisotopic (exact) mass is 389 g/mol. The quantitative estimate of drug-likeness (QED) is 0.785. The summed E-state index contributed by atoms with van der Waals surface area (Å²) in [6.07, 6.45) is 0. The summed E-state index contributed by atoms with van der Waals surface area (Å²) in [6.45, 7) is 4.30. The smallest absolute Gasteiger partial charge is 0.210 e. The molecule has 0 amide bonds. The summed E-state index contributed by atoms with van der Waals surface area (Å²) in [5, 5.41) is 0.780. The van der Waals surface area contributed by atoms with Crippen LogP contribution in [0.15, 0.2) is 14.1 Å². The minimum atomic E-state index is -3.35. The van der Waals surface area contributed by atoms with E-state index in [0.717, 1.165) is 14.7 Å². The van der Waals surface area contributed by atoms with Crippen LogP contribution in [0.4, 0.5) is 0 Å². The fourth-order valence-electron chi connectivity index (χ4n) is 0.942. The molecule has 0 aliphatic carbocycles. The molecule has 92 valence electrons. The molecule has 3 nitrogen and oxygen atoms in total. The minimum absolute atomic E-state index is 0.277. The zero-order valence-electron chi connectivity index (χ0n) is 8.96. The van der Waals surface area contributed by atoms with Gasteiger partial charge < -0.3 is 0 Å². The highest BCUT2D eigenvalue weighted by atomic mass is 79.9. The van der Waals surface area contributed by atoms with Crippen LogP contribution in [0.25, 0.3) is 0 Å². The molecule has 1 atom stereocenters. The lowest BCUT2D eigenvalue weighted by Gasteiger charge is -2.08. The van der Waals surface area contributed by atoms with Gasteiger partial charge in [0.2, 0.25) is 10.0 Å². The van der Waals surface area contributed by atoms with Crippen LogP contribution in [0.2, 0.25) is 0 Å². The first-order valence-corrected chi connectivity index (χ1v) is 8.89. The zero-order chi connectivity index (χ0) is 12.3. The van der Waals surface area contributed by atoms with E-state index in [2.05, 4.69) is 36.6 Å². The van der Waals surface area contributed by atoms with Gasteiger partial charge in [-0.2, -0.15) is 0 Å². The lowest BCUT2D eigenvalue weighted by atomic mass is 10.2. The Morgan fingerprint density at radius 3 is 2.62 bits per heavy atom. The Morgan fingerprint density at radius 1 is 1.56 bits per heavy atom. The summed E-state index contributed by atoms with van der Waals surface area (Å²) in [4.78, 5) is 0. The molecule has 1 aromatic heterocycles. The second kappa shape index (κ2) is 5.95. The number of thiophene rings is 1. The first-order chi connectivity index (χ1) is 7.36. The third-order valence-electron chi connectivity index (χ3n) is 1.98. The molecular formula is C9H13Br2NO2S2. The lowest BCUT2D eigenvalue weighted by molar-refractivity contribution is 0.565. The molecule has 1 heterocycles. The Balaban J connectivity index is 2.78. The van der Waals surface area contributed by atoms with Crippen molar-refractivity contribution in [3.05, 3.63) is 15.4 Å². The van der Waals surface area contributed by atoms with Gasteiger partial charge in [0.25, 0.3) is 0 Å². The second-order valence-electron chi connectivity index (χ2n) is 3.63. The number of halogens is 2. The summed E-state index contributed by atoms with van der Waals surface area (Å²) < 4.78 is 27.6. The van der Waals surface area contributed by atoms with E-state index in [1.54, 1.807) is 6.07 Å². The second-order valence-corrected chi connectivity index (χ2v) is 8.64. The molecule has 1 aromatic rings. The zero-order valence-corrected chi connectivity index (χ0v) is 13.8. The van der Waals surface area contributed by atoms with E-state index in [-0.39, 0.29) is 5.92 Å². The average molecular weight is 391 g/mol. The number of hydrogen-bond acceptors (Lipinski definition) is 3. The number of alkyl halides is 1. The van der Waals surface area contributed by atoms with Crippen LogP contribution in [-0.4, -0.2) is 20.3 Å². The number of rotatable bonds is 5. The summed E-state index contributed by atoms with van der Waals surface area (Å²) in [6, 6.07) is 1.68. The highest BCUT2D eigenvalue weighted by molar-refractivity contribution is 9.11. The van der Waals surface area contributed by atoms with E-state index in [4.69, 9.17) is 0 Å². The Morgan fingerprint density at radius 2 is 2.19 bits per heavy atom. The molecule has 1 N–H and O–H groups in total. The van der Waals surface area contributed by atoms with E-state index in [9.17, 15) is 8.42 Å². The maximum Gasteiger partial charge on any atom is 0.250 e. The van der Waals surface area contributed by atoms with Gasteiger partial charge in [-0.1, -0.05) is 22.9 Å². The first-order valence-electron chi connectivity index (χ1n) is 4.68. The van der Waals surface area contributed by atoms with Crippen LogP contribution >= 0.6 is 43.2 Å². The van der Waals surface area contributed by atoms with Crippen molar-refractivity contribution in [2.24, 2.45) is 5.92 Å². The largest absolute Gasteiger partial charge is 0.250 e. The molecule has 0 spiro atoms. The topological polar surface area (TPSA) is 46.2 Å². The highest BCUT2D eigenvalue weighted by Crippen LogP contribution is 2.30. The molecule has 7 heteroatoms. The predicted molar refractivity (Wildman–Crippen MR) is 74.9 cm³/mol. The van der Waals surface area contributed by atoms with Crippen molar-refractivity contribution < 1.29 is 8.42 Å². The van der Waals surface area contributed by atoms with Crippen LogP contribution in [0.5, 0.6) is 0 Å². The predicted octanol–water partition coefficient (Wildman–Crippen LogP) is 3.13. The van der Waals surface area contributed by atoms with Crippen LogP contribution < -0.4 is 4.72 Å². The molecule has 0 fully saturated rings. The maximum absolute atomic E-state index is 11.9. The van der Waals surface area contributed by atoms with E-state index >= 15 is 0 Å². The average Bonchev–Trinajstić information content (AvgIpc) is 2.56. The van der Waals surface area contributed by atoms with Gasteiger partial charge in [-0.3, -0.25) is 0 Å². The summed E-state index contributed by atoms with van der Waals surface area (Å²) in [5.74, 6) is 0.277. The van der Waals surface area contributed by atoms with Crippen LogP contribution in [-0.2, 0) is 10.0 Å². The Hall–Kier alpha value is 0.570. The SMILES string of the molecule is Cc1cc(S(=O)(=O)NCC(C)CBr)sc1Br. The van der Waals surface area contributed by atoms with E-state index in [0.29, 0.717) is 10.8 Å². The third kappa shape index (κ3) is 3.80. The van der Waals surface area contributed by atoms with Crippen molar-refractivity contribution in [1.82, 2.24) is 4.72 Å². The first kappa shape index (κ1) is 14.6. The standard InChI is InChI=1S/C9H13Br2NO2S2/c1-6(4-10)5-12-16(13,14)8-3-7(2)9(11)15-8/h3,6,12H,4-5H2,1-2H3. The van der Waals surface area contributed by atoms with Gasteiger partial charge in [0.15, 0.2) is 0 Å². The van der Waals surface area contributed by atoms with Crippen molar-refractivity contribution in [3.8, 4) is 0 Å². The normalized spacial score (nSPS) is 14.0. The van der Waals surface area contributed by atoms with E-state index in [1.165, 1.54) is 11.3 Å². The van der Waals surface area contributed by atoms with Crippen LogP contribution in [0, 0.1) is 12.8 Å². The minimum Gasteiger partial charge on any atom is -0.210 e.